The highest BCUT2D eigenvalue weighted by Crippen LogP contribution is 2.28. The van der Waals surface area contributed by atoms with E-state index in [-0.39, 0.29) is 0 Å². The van der Waals surface area contributed by atoms with Gasteiger partial charge in [0.15, 0.2) is 0 Å². The molecule has 0 radical (unpaired) electrons. The fraction of sp³-hybridized carbons (Fsp3) is 0.250. The summed E-state index contributed by atoms with van der Waals surface area (Å²) < 4.78 is 0.940. The van der Waals surface area contributed by atoms with Gasteiger partial charge in [0.05, 0.1) is 0 Å². The first kappa shape index (κ1) is 13.3. The van der Waals surface area contributed by atoms with Gasteiger partial charge in [-0.05, 0) is 29.2 Å². The van der Waals surface area contributed by atoms with Crippen LogP contribution in [-0.2, 0) is 6.42 Å². The minimum atomic E-state index is -0.573. The highest BCUT2D eigenvalue weighted by atomic mass is 79.9. The second-order valence-corrected chi connectivity index (χ2v) is 5.27. The van der Waals surface area contributed by atoms with Crippen molar-refractivity contribution in [2.75, 3.05) is 0 Å². The number of hydrogen-bond acceptors (Lipinski definition) is 1. The normalized spacial score (nSPS) is 12.4. The average Bonchev–Trinajstić information content (AvgIpc) is 2.40. The topological polar surface area (TPSA) is 20.2 Å². The van der Waals surface area contributed by atoms with Gasteiger partial charge in [-0.15, -0.1) is 0 Å². The van der Waals surface area contributed by atoms with E-state index in [0.717, 1.165) is 28.4 Å². The van der Waals surface area contributed by atoms with E-state index in [4.69, 9.17) is 0 Å². The first-order valence-corrected chi connectivity index (χ1v) is 7.03. The second-order valence-electron chi connectivity index (χ2n) is 4.42. The molecule has 0 unspecified atom stereocenters. The van der Waals surface area contributed by atoms with Crippen molar-refractivity contribution in [3.05, 3.63) is 69.7 Å². The molecule has 1 N–H and O–H groups in total. The minimum absolute atomic E-state index is 0.573. The Balaban J connectivity index is 2.23. The monoisotopic (exact) mass is 304 g/mol. The summed E-state index contributed by atoms with van der Waals surface area (Å²) in [6.45, 7) is 2.17. The van der Waals surface area contributed by atoms with Crippen molar-refractivity contribution in [1.82, 2.24) is 0 Å². The molecule has 94 valence electrons. The summed E-state index contributed by atoms with van der Waals surface area (Å²) in [5, 5.41) is 10.4. The zero-order chi connectivity index (χ0) is 13.0. The van der Waals surface area contributed by atoms with E-state index in [9.17, 15) is 5.11 Å². The Hall–Kier alpha value is -1.12. The Labute approximate surface area is 117 Å². The van der Waals surface area contributed by atoms with Crippen molar-refractivity contribution in [2.45, 2.75) is 25.9 Å². The Bertz CT molecular complexity index is 505. The Morgan fingerprint density at radius 1 is 1.06 bits per heavy atom. The van der Waals surface area contributed by atoms with Gasteiger partial charge >= 0.3 is 0 Å². The van der Waals surface area contributed by atoms with Gasteiger partial charge in [-0.3, -0.25) is 0 Å². The lowest BCUT2D eigenvalue weighted by molar-refractivity contribution is 0.219. The third-order valence-electron chi connectivity index (χ3n) is 3.03. The van der Waals surface area contributed by atoms with Crippen molar-refractivity contribution in [3.8, 4) is 0 Å². The number of aliphatic hydroxyl groups is 1. The van der Waals surface area contributed by atoms with E-state index >= 15 is 0 Å². The maximum absolute atomic E-state index is 10.4. The lowest BCUT2D eigenvalue weighted by atomic mass is 9.99. The summed E-state index contributed by atoms with van der Waals surface area (Å²) in [5.74, 6) is 0. The summed E-state index contributed by atoms with van der Waals surface area (Å²) in [6, 6.07) is 16.0. The third-order valence-corrected chi connectivity index (χ3v) is 3.76. The zero-order valence-corrected chi connectivity index (χ0v) is 12.0. The molecular formula is C16H17BrO. The average molecular weight is 305 g/mol. The molecule has 1 nitrogen and oxygen atoms in total. The van der Waals surface area contributed by atoms with Gasteiger partial charge in [-0.25, -0.2) is 0 Å². The second kappa shape index (κ2) is 6.17. The highest BCUT2D eigenvalue weighted by molar-refractivity contribution is 9.10. The number of hydrogen-bond donors (Lipinski definition) is 1. The van der Waals surface area contributed by atoms with E-state index < -0.39 is 6.10 Å². The molecule has 0 aliphatic rings. The fourth-order valence-corrected chi connectivity index (χ4v) is 2.53. The highest BCUT2D eigenvalue weighted by Gasteiger charge is 2.12. The first-order valence-electron chi connectivity index (χ1n) is 6.23. The van der Waals surface area contributed by atoms with Crippen LogP contribution in [0, 0.1) is 0 Å². The van der Waals surface area contributed by atoms with Crippen LogP contribution in [-0.4, -0.2) is 5.11 Å². The van der Waals surface area contributed by atoms with Crippen LogP contribution in [0.1, 0.15) is 36.1 Å². The molecule has 2 rings (SSSR count). The number of benzene rings is 2. The SMILES string of the molecule is CCCc1ccc([C@H](O)c2ccccc2Br)cc1. The largest absolute Gasteiger partial charge is 0.384 e. The zero-order valence-electron chi connectivity index (χ0n) is 10.4. The van der Waals surface area contributed by atoms with Gasteiger partial charge in [0.1, 0.15) is 6.10 Å². The van der Waals surface area contributed by atoms with Crippen molar-refractivity contribution >= 4 is 15.9 Å². The summed E-state index contributed by atoms with van der Waals surface area (Å²) in [7, 11) is 0. The minimum Gasteiger partial charge on any atom is -0.384 e. The molecule has 0 amide bonds. The summed E-state index contributed by atoms with van der Waals surface area (Å²) in [5.41, 5.74) is 3.16. The molecule has 0 fully saturated rings. The van der Waals surface area contributed by atoms with Crippen LogP contribution in [0.4, 0.5) is 0 Å². The molecule has 0 heterocycles. The van der Waals surface area contributed by atoms with Gasteiger partial charge in [0.25, 0.3) is 0 Å². The lowest BCUT2D eigenvalue weighted by Crippen LogP contribution is -2.00. The maximum atomic E-state index is 10.4. The molecule has 0 bridgehead atoms. The number of halogens is 1. The molecule has 0 aliphatic heterocycles. The van der Waals surface area contributed by atoms with Crippen LogP contribution < -0.4 is 0 Å². The van der Waals surface area contributed by atoms with E-state index in [1.807, 2.05) is 36.4 Å². The van der Waals surface area contributed by atoms with Crippen LogP contribution in [0.25, 0.3) is 0 Å². The summed E-state index contributed by atoms with van der Waals surface area (Å²) in [4.78, 5) is 0. The van der Waals surface area contributed by atoms with Crippen LogP contribution in [0.5, 0.6) is 0 Å². The molecule has 2 aromatic carbocycles. The standard InChI is InChI=1S/C16H17BrO/c1-2-5-12-8-10-13(11-9-12)16(18)14-6-3-4-7-15(14)17/h3-4,6-11,16,18H,2,5H2,1H3/t16-/m0/s1. The first-order chi connectivity index (χ1) is 8.72. The van der Waals surface area contributed by atoms with Crippen molar-refractivity contribution in [2.24, 2.45) is 0 Å². The quantitative estimate of drug-likeness (QED) is 0.883. The van der Waals surface area contributed by atoms with Crippen LogP contribution in [0.2, 0.25) is 0 Å². The summed E-state index contributed by atoms with van der Waals surface area (Å²) >= 11 is 3.47. The van der Waals surface area contributed by atoms with Crippen LogP contribution >= 0.6 is 15.9 Å². The molecular weight excluding hydrogens is 288 g/mol. The summed E-state index contributed by atoms with van der Waals surface area (Å²) in [6.07, 6.45) is 1.66. The smallest absolute Gasteiger partial charge is 0.105 e. The third kappa shape index (κ3) is 3.01. The van der Waals surface area contributed by atoms with Crippen molar-refractivity contribution < 1.29 is 5.11 Å². The van der Waals surface area contributed by atoms with Crippen molar-refractivity contribution in [3.63, 3.8) is 0 Å². The number of rotatable bonds is 4. The fourth-order valence-electron chi connectivity index (χ4n) is 2.03. The molecule has 2 heteroatoms. The molecule has 18 heavy (non-hydrogen) atoms. The Kier molecular flexibility index (Phi) is 4.56. The van der Waals surface area contributed by atoms with E-state index in [1.54, 1.807) is 0 Å². The molecule has 2 aromatic rings. The van der Waals surface area contributed by atoms with Crippen molar-refractivity contribution in [1.29, 1.82) is 0 Å². The molecule has 0 spiro atoms. The Morgan fingerprint density at radius 3 is 2.33 bits per heavy atom. The van der Waals surface area contributed by atoms with Gasteiger partial charge in [0.2, 0.25) is 0 Å². The molecule has 0 aromatic heterocycles. The molecule has 0 aliphatic carbocycles. The predicted molar refractivity (Wildman–Crippen MR) is 78.6 cm³/mol. The number of aryl methyl sites for hydroxylation is 1. The van der Waals surface area contributed by atoms with Gasteiger partial charge in [-0.2, -0.15) is 0 Å². The van der Waals surface area contributed by atoms with Crippen LogP contribution in [0.3, 0.4) is 0 Å². The number of aliphatic hydroxyl groups excluding tert-OH is 1. The Morgan fingerprint density at radius 2 is 1.72 bits per heavy atom. The van der Waals surface area contributed by atoms with E-state index in [2.05, 4.69) is 35.0 Å². The van der Waals surface area contributed by atoms with Crippen LogP contribution in [0.15, 0.2) is 53.0 Å². The predicted octanol–water partition coefficient (Wildman–Crippen LogP) is 4.48. The maximum Gasteiger partial charge on any atom is 0.105 e. The van der Waals surface area contributed by atoms with Gasteiger partial charge in [0, 0.05) is 4.47 Å². The molecule has 0 saturated heterocycles. The van der Waals surface area contributed by atoms with Gasteiger partial charge in [-0.1, -0.05) is 71.7 Å². The van der Waals surface area contributed by atoms with E-state index in [1.165, 1.54) is 5.56 Å². The lowest BCUT2D eigenvalue weighted by Gasteiger charge is -2.13. The molecule has 0 saturated carbocycles. The van der Waals surface area contributed by atoms with E-state index in [0.29, 0.717) is 0 Å². The molecule has 1 atom stereocenters. The van der Waals surface area contributed by atoms with Gasteiger partial charge < -0.3 is 5.11 Å².